The summed E-state index contributed by atoms with van der Waals surface area (Å²) in [6, 6.07) is 4.47. The zero-order valence-corrected chi connectivity index (χ0v) is 12.8. The van der Waals surface area contributed by atoms with Crippen LogP contribution in [0.2, 0.25) is 0 Å². The average molecular weight is 332 g/mol. The molecule has 1 fully saturated rings. The maximum Gasteiger partial charge on any atom is 0.263 e. The molecule has 0 amide bonds. The van der Waals surface area contributed by atoms with Crippen LogP contribution < -0.4 is 0 Å². The number of hydrogen-bond donors (Lipinski definition) is 0. The minimum atomic E-state index is -4.00. The van der Waals surface area contributed by atoms with Gasteiger partial charge in [-0.15, -0.1) is 0 Å². The quantitative estimate of drug-likeness (QED) is 0.811. The third-order valence-electron chi connectivity index (χ3n) is 3.76. The van der Waals surface area contributed by atoms with Crippen LogP contribution in [0.3, 0.4) is 0 Å². The number of rotatable bonds is 3. The van der Waals surface area contributed by atoms with Gasteiger partial charge in [0.15, 0.2) is 0 Å². The zero-order chi connectivity index (χ0) is 15.0. The van der Waals surface area contributed by atoms with Crippen LogP contribution in [0.1, 0.15) is 19.3 Å². The molecule has 21 heavy (non-hydrogen) atoms. The molecule has 1 aliphatic rings. The van der Waals surface area contributed by atoms with Crippen molar-refractivity contribution in [3.8, 4) is 0 Å². The number of benzene rings is 1. The van der Waals surface area contributed by atoms with Gasteiger partial charge in [0.1, 0.15) is 10.7 Å². The molecule has 1 atom stereocenters. The third-order valence-corrected chi connectivity index (χ3v) is 5.09. The lowest BCUT2D eigenvalue weighted by Gasteiger charge is -2.23. The van der Waals surface area contributed by atoms with E-state index in [0.29, 0.717) is 18.7 Å². The Labute approximate surface area is 126 Å². The number of nitrogens with zero attached hydrogens (tertiary/aromatic N) is 1. The van der Waals surface area contributed by atoms with Gasteiger partial charge in [-0.3, -0.25) is 0 Å². The van der Waals surface area contributed by atoms with E-state index in [-0.39, 0.29) is 16.4 Å². The van der Waals surface area contributed by atoms with Crippen LogP contribution in [0.25, 0.3) is 10.9 Å². The maximum absolute atomic E-state index is 14.0. The van der Waals surface area contributed by atoms with Crippen LogP contribution in [0.4, 0.5) is 4.39 Å². The summed E-state index contributed by atoms with van der Waals surface area (Å²) in [4.78, 5) is -0.187. The lowest BCUT2D eigenvalue weighted by Crippen LogP contribution is -2.24. The lowest BCUT2D eigenvalue weighted by atomic mass is 10.1. The van der Waals surface area contributed by atoms with E-state index >= 15 is 0 Å². The van der Waals surface area contributed by atoms with Gasteiger partial charge in [0, 0.05) is 30.0 Å². The van der Waals surface area contributed by atoms with Crippen LogP contribution >= 0.6 is 10.7 Å². The molecule has 1 aliphatic heterocycles. The lowest BCUT2D eigenvalue weighted by molar-refractivity contribution is 0.00664. The molecule has 2 heterocycles. The Morgan fingerprint density at radius 2 is 2.19 bits per heavy atom. The molecule has 4 nitrogen and oxygen atoms in total. The van der Waals surface area contributed by atoms with Crippen molar-refractivity contribution in [3.63, 3.8) is 0 Å². The highest BCUT2D eigenvalue weighted by Gasteiger charge is 2.23. The molecule has 0 bridgehead atoms. The number of hydrogen-bond acceptors (Lipinski definition) is 3. The standard InChI is InChI=1S/C14H15ClFNO3S/c15-21(18,19)13-9-17(8-10-4-1-2-7-20-10)12-6-3-5-11(16)14(12)13/h3,5-6,9-10H,1-2,4,7-8H2. The normalized spacial score (nSPS) is 20.0. The highest BCUT2D eigenvalue weighted by molar-refractivity contribution is 8.14. The summed E-state index contributed by atoms with van der Waals surface area (Å²) in [6.07, 6.45) is 4.45. The molecule has 1 saturated heterocycles. The first-order chi connectivity index (χ1) is 9.97. The minimum absolute atomic E-state index is 0.0171. The Morgan fingerprint density at radius 3 is 2.86 bits per heavy atom. The third kappa shape index (κ3) is 2.93. The van der Waals surface area contributed by atoms with Crippen molar-refractivity contribution in [1.82, 2.24) is 4.57 Å². The van der Waals surface area contributed by atoms with Gasteiger partial charge in [-0.25, -0.2) is 12.8 Å². The van der Waals surface area contributed by atoms with Gasteiger partial charge in [0.25, 0.3) is 9.05 Å². The highest BCUT2D eigenvalue weighted by Crippen LogP contribution is 2.31. The fraction of sp³-hybridized carbons (Fsp3) is 0.429. The molecule has 0 radical (unpaired) electrons. The molecule has 0 saturated carbocycles. The van der Waals surface area contributed by atoms with Crippen molar-refractivity contribution in [2.24, 2.45) is 0 Å². The second kappa shape index (κ2) is 5.59. The van der Waals surface area contributed by atoms with Gasteiger partial charge in [-0.1, -0.05) is 6.07 Å². The first-order valence-corrected chi connectivity index (χ1v) is 9.11. The zero-order valence-electron chi connectivity index (χ0n) is 11.3. The van der Waals surface area contributed by atoms with E-state index in [4.69, 9.17) is 15.4 Å². The predicted molar refractivity (Wildman–Crippen MR) is 78.5 cm³/mol. The molecule has 114 valence electrons. The van der Waals surface area contributed by atoms with E-state index in [9.17, 15) is 12.8 Å². The summed E-state index contributed by atoms with van der Waals surface area (Å²) < 4.78 is 44.7. The largest absolute Gasteiger partial charge is 0.376 e. The van der Waals surface area contributed by atoms with Crippen LogP contribution in [0, 0.1) is 5.82 Å². The van der Waals surface area contributed by atoms with Crippen LogP contribution in [-0.2, 0) is 20.3 Å². The van der Waals surface area contributed by atoms with E-state index in [1.165, 1.54) is 12.3 Å². The number of aromatic nitrogens is 1. The predicted octanol–water partition coefficient (Wildman–Crippen LogP) is 3.28. The SMILES string of the molecule is O=S(=O)(Cl)c1cn(CC2CCCCO2)c2cccc(F)c12. The Morgan fingerprint density at radius 1 is 1.38 bits per heavy atom. The first kappa shape index (κ1) is 14.8. The van der Waals surface area contributed by atoms with E-state index in [2.05, 4.69) is 0 Å². The van der Waals surface area contributed by atoms with E-state index in [1.54, 1.807) is 16.7 Å². The van der Waals surface area contributed by atoms with Crippen LogP contribution in [0.15, 0.2) is 29.3 Å². The van der Waals surface area contributed by atoms with Gasteiger partial charge in [0.2, 0.25) is 0 Å². The molecule has 3 rings (SSSR count). The summed E-state index contributed by atoms with van der Waals surface area (Å²) in [6.45, 7) is 1.20. The van der Waals surface area contributed by atoms with Gasteiger partial charge in [0.05, 0.1) is 17.0 Å². The van der Waals surface area contributed by atoms with Crippen molar-refractivity contribution >= 4 is 30.6 Å². The van der Waals surface area contributed by atoms with Crippen LogP contribution in [-0.4, -0.2) is 25.7 Å². The van der Waals surface area contributed by atoms with Gasteiger partial charge in [-0.05, 0) is 31.4 Å². The van der Waals surface area contributed by atoms with Gasteiger partial charge < -0.3 is 9.30 Å². The van der Waals surface area contributed by atoms with E-state index in [0.717, 1.165) is 19.3 Å². The van der Waals surface area contributed by atoms with E-state index < -0.39 is 14.9 Å². The Kier molecular flexibility index (Phi) is 3.94. The Hall–Kier alpha value is -1.11. The summed E-state index contributed by atoms with van der Waals surface area (Å²) >= 11 is 0. The highest BCUT2D eigenvalue weighted by atomic mass is 35.7. The van der Waals surface area contributed by atoms with Crippen molar-refractivity contribution in [1.29, 1.82) is 0 Å². The summed E-state index contributed by atoms with van der Waals surface area (Å²) in [5.41, 5.74) is 0.517. The molecule has 0 spiro atoms. The van der Waals surface area contributed by atoms with Crippen molar-refractivity contribution in [3.05, 3.63) is 30.2 Å². The average Bonchev–Trinajstić information content (AvgIpc) is 2.80. The molecular weight excluding hydrogens is 317 g/mol. The number of halogens is 2. The molecule has 7 heteroatoms. The van der Waals surface area contributed by atoms with Crippen molar-refractivity contribution < 1.29 is 17.5 Å². The Bertz CT molecular complexity index is 766. The van der Waals surface area contributed by atoms with Gasteiger partial charge >= 0.3 is 0 Å². The summed E-state index contributed by atoms with van der Waals surface area (Å²) in [7, 11) is 1.43. The molecule has 0 N–H and O–H groups in total. The smallest absolute Gasteiger partial charge is 0.263 e. The van der Waals surface area contributed by atoms with Crippen molar-refractivity contribution in [2.75, 3.05) is 6.61 Å². The van der Waals surface area contributed by atoms with Crippen LogP contribution in [0.5, 0.6) is 0 Å². The fourth-order valence-corrected chi connectivity index (χ4v) is 3.83. The first-order valence-electron chi connectivity index (χ1n) is 6.80. The molecular formula is C14H15ClFNO3S. The molecule has 1 aromatic carbocycles. The molecule has 2 aromatic rings. The van der Waals surface area contributed by atoms with E-state index in [1.807, 2.05) is 0 Å². The minimum Gasteiger partial charge on any atom is -0.376 e. The second-order valence-electron chi connectivity index (χ2n) is 5.21. The molecule has 1 unspecified atom stereocenters. The summed E-state index contributed by atoms with van der Waals surface area (Å²) in [5, 5.41) is 0.0447. The Balaban J connectivity index is 2.08. The fourth-order valence-electron chi connectivity index (χ4n) is 2.78. The van der Waals surface area contributed by atoms with Gasteiger partial charge in [-0.2, -0.15) is 0 Å². The topological polar surface area (TPSA) is 48.3 Å². The number of fused-ring (bicyclic) bond motifs is 1. The molecule has 1 aromatic heterocycles. The maximum atomic E-state index is 14.0. The second-order valence-corrected chi connectivity index (χ2v) is 7.74. The summed E-state index contributed by atoms with van der Waals surface area (Å²) in [5.74, 6) is -0.588. The van der Waals surface area contributed by atoms with Crippen molar-refractivity contribution in [2.45, 2.75) is 36.8 Å². The number of ether oxygens (including phenoxy) is 1. The monoisotopic (exact) mass is 331 g/mol. The molecule has 0 aliphatic carbocycles.